The number of rotatable bonds is 10. The molecule has 82 heavy (non-hydrogen) atoms. The molecule has 1 aliphatic rings. The van der Waals surface area contributed by atoms with Crippen LogP contribution in [0.3, 0.4) is 0 Å². The molecule has 11 aromatic carbocycles. The van der Waals surface area contributed by atoms with Crippen LogP contribution in [-0.4, -0.2) is 22.2 Å². The molecule has 0 saturated carbocycles. The maximum absolute atomic E-state index is 10.2. The Morgan fingerprint density at radius 3 is 1.83 bits per heavy atom. The van der Waals surface area contributed by atoms with Crippen LogP contribution in [0.2, 0.25) is 0 Å². The second kappa shape index (κ2) is 20.8. The Morgan fingerprint density at radius 2 is 1.16 bits per heavy atom. The van der Waals surface area contributed by atoms with Crippen molar-refractivity contribution in [3.05, 3.63) is 303 Å². The molecule has 0 saturated heterocycles. The third-order valence-electron chi connectivity index (χ3n) is 15.1. The molecule has 0 unspecified atom stereocenters. The van der Waals surface area contributed by atoms with Crippen molar-refractivity contribution in [2.45, 2.75) is 0 Å². The average Bonchev–Trinajstić information content (AvgIpc) is 1.79. The molecule has 0 amide bonds. The van der Waals surface area contributed by atoms with E-state index in [4.69, 9.17) is 23.4 Å². The van der Waals surface area contributed by atoms with Gasteiger partial charge in [-0.1, -0.05) is 205 Å². The van der Waals surface area contributed by atoms with E-state index in [-0.39, 0.29) is 49.0 Å². The predicted molar refractivity (Wildman–Crippen MR) is 327 cm³/mol. The van der Waals surface area contributed by atoms with Gasteiger partial charge in [0, 0.05) is 61.7 Å². The normalized spacial score (nSPS) is 14.1. The predicted octanol–water partition coefficient (Wildman–Crippen LogP) is 14.0. The van der Waals surface area contributed by atoms with Crippen molar-refractivity contribution in [3.63, 3.8) is 0 Å². The van der Waals surface area contributed by atoms with Gasteiger partial charge in [-0.15, -0.1) is 29.7 Å². The Labute approximate surface area is 504 Å². The van der Waals surface area contributed by atoms with E-state index in [1.165, 1.54) is 20.7 Å². The molecule has 0 N–H and O–H groups in total. The Bertz CT molecular complexity index is 5170. The number of nitriles is 1. The summed E-state index contributed by atoms with van der Waals surface area (Å²) in [5.74, 6) is 1.24. The Balaban J connectivity index is 0.00000735. The number of imidazole rings is 1. The van der Waals surface area contributed by atoms with Gasteiger partial charge in [0.2, 0.25) is 0 Å². The van der Waals surface area contributed by atoms with Gasteiger partial charge in [0.1, 0.15) is 5.82 Å². The van der Waals surface area contributed by atoms with Crippen molar-refractivity contribution in [3.8, 4) is 57.0 Å². The number of aromatic nitrogens is 4. The SMILES string of the molecule is [2H]c1c([2H])c([2H])c(-c2cccc(-c3c([2H])c([2H])c([2H])c([2H])c3[2H])c2-[n+]2[c-]n(-c3[c-]c(Oc4[c-]c5c(cc4)c4cc(C#N)ccc4n5-c4cc(N5c6ccccc6[Si](c6ccccc6)(c6ccccc6)c6ccccc65)ccn4)ccc3)c3ccccc32)c([2H])c1[2H].[Pt]. The van der Waals surface area contributed by atoms with Crippen LogP contribution in [0.5, 0.6) is 11.5 Å². The molecule has 0 radical (unpaired) electrons. The third-order valence-corrected chi connectivity index (χ3v) is 19.9. The monoisotopic (exact) mass is 1260 g/mol. The van der Waals surface area contributed by atoms with Gasteiger partial charge in [0.05, 0.1) is 47.7 Å². The van der Waals surface area contributed by atoms with E-state index in [2.05, 4.69) is 145 Å². The first-order valence-electron chi connectivity index (χ1n) is 31.2. The fraction of sp³-hybridized carbons (Fsp3) is 0. The Kier molecular flexibility index (Phi) is 10.2. The maximum atomic E-state index is 10.2. The number of nitrogens with zero attached hydrogens (tertiary/aromatic N) is 6. The van der Waals surface area contributed by atoms with Crippen LogP contribution in [0, 0.1) is 29.8 Å². The van der Waals surface area contributed by atoms with Gasteiger partial charge in [0.25, 0.3) is 6.33 Å². The summed E-state index contributed by atoms with van der Waals surface area (Å²) in [6.45, 7) is 0. The average molecular weight is 1260 g/mol. The van der Waals surface area contributed by atoms with Gasteiger partial charge in [-0.25, -0.2) is 4.98 Å². The smallest absolute Gasteiger partial charge is 0.268 e. The number of ether oxygens (including phenoxy) is 1. The molecule has 14 aromatic rings. The standard InChI is InChI=1S/C73H46N6OSi.Pt/c74-49-51-39-42-64-63(45-51)62-41-40-57(80-56-26-19-25-54(46-56)76-50-77(66-34-14-13-33-65(66)76)73-60(52-21-5-1-6-22-52)31-20-32-61(73)53-23-7-2-8-24-53)48-69(62)79(64)72-47-55(43-44-75-72)78-67-35-15-17-37-70(67)81(58-27-9-3-10-28-58,59-29-11-4-12-30-59)71-38-18-16-36-68(71)78;/h1-45,47H;/q-2;/i1D,2D,5D,6D,7D,8D,21D,22D,23D,24D;. The number of benzene rings is 11. The molecule has 0 atom stereocenters. The number of hydrogen-bond acceptors (Lipinski definition) is 4. The van der Waals surface area contributed by atoms with Crippen molar-refractivity contribution in [2.24, 2.45) is 0 Å². The van der Waals surface area contributed by atoms with Crippen molar-refractivity contribution >= 4 is 78.7 Å². The molecule has 7 nitrogen and oxygen atoms in total. The number of para-hydroxylation sites is 5. The molecular weight excluding hydrogens is 1200 g/mol. The van der Waals surface area contributed by atoms with E-state index < -0.39 is 68.5 Å². The van der Waals surface area contributed by atoms with Crippen LogP contribution in [0.25, 0.3) is 72.3 Å². The second-order valence-corrected chi connectivity index (χ2v) is 23.2. The first kappa shape index (κ1) is 40.1. The van der Waals surface area contributed by atoms with E-state index in [9.17, 15) is 5.26 Å². The molecule has 0 fully saturated rings. The van der Waals surface area contributed by atoms with Crippen molar-refractivity contribution < 1.29 is 44.1 Å². The number of anilines is 3. The summed E-state index contributed by atoms with van der Waals surface area (Å²) in [4.78, 5) is 7.40. The first-order chi connectivity index (χ1) is 44.3. The van der Waals surface area contributed by atoms with Crippen molar-refractivity contribution in [1.29, 1.82) is 5.26 Å². The zero-order valence-corrected chi connectivity index (χ0v) is 46.5. The minimum atomic E-state index is -2.90. The second-order valence-electron chi connectivity index (χ2n) is 19.5. The molecule has 3 aromatic heterocycles. The molecule has 1 aliphatic heterocycles. The molecule has 4 heterocycles. The summed E-state index contributed by atoms with van der Waals surface area (Å²) >= 11 is 0. The van der Waals surface area contributed by atoms with E-state index in [0.717, 1.165) is 33.4 Å². The molecular formula is C73H46N6OPtSi-2. The van der Waals surface area contributed by atoms with E-state index in [1.54, 1.807) is 63.7 Å². The van der Waals surface area contributed by atoms with Gasteiger partial charge in [-0.3, -0.25) is 4.57 Å². The van der Waals surface area contributed by atoms with E-state index >= 15 is 0 Å². The fourth-order valence-electron chi connectivity index (χ4n) is 11.8. The van der Waals surface area contributed by atoms with Gasteiger partial charge >= 0.3 is 0 Å². The molecule has 15 rings (SSSR count). The first-order valence-corrected chi connectivity index (χ1v) is 28.2. The Morgan fingerprint density at radius 1 is 0.549 bits per heavy atom. The van der Waals surface area contributed by atoms with Crippen LogP contribution in [0.1, 0.15) is 19.3 Å². The molecule has 0 aliphatic carbocycles. The number of hydrogen-bond donors (Lipinski definition) is 0. The summed E-state index contributed by atoms with van der Waals surface area (Å²) in [5, 5.41) is 16.9. The summed E-state index contributed by atoms with van der Waals surface area (Å²) < 4.78 is 99.9. The van der Waals surface area contributed by atoms with Gasteiger partial charge in [-0.05, 0) is 90.5 Å². The van der Waals surface area contributed by atoms with E-state index in [0.29, 0.717) is 45.1 Å². The molecule has 0 spiro atoms. The van der Waals surface area contributed by atoms with Crippen LogP contribution in [0.4, 0.5) is 17.1 Å². The zero-order chi connectivity index (χ0) is 62.6. The number of fused-ring (bicyclic) bond motifs is 6. The van der Waals surface area contributed by atoms with Crippen molar-refractivity contribution in [1.82, 2.24) is 14.1 Å². The third kappa shape index (κ3) is 8.20. The van der Waals surface area contributed by atoms with E-state index in [1.807, 2.05) is 53.2 Å². The van der Waals surface area contributed by atoms with Gasteiger partial charge in [0.15, 0.2) is 8.07 Å². The summed E-state index contributed by atoms with van der Waals surface area (Å²) in [7, 11) is -2.90. The van der Waals surface area contributed by atoms with Crippen LogP contribution in [-0.2, 0) is 21.1 Å². The quantitative estimate of drug-likeness (QED) is 0.0778. The van der Waals surface area contributed by atoms with Crippen LogP contribution < -0.4 is 35.0 Å². The summed E-state index contributed by atoms with van der Waals surface area (Å²) in [6, 6.07) is 73.9. The molecule has 0 bridgehead atoms. The fourth-order valence-corrected chi connectivity index (χ4v) is 16.9. The number of pyridine rings is 1. The minimum Gasteiger partial charge on any atom is -0.510 e. The molecule has 390 valence electrons. The van der Waals surface area contributed by atoms with Crippen molar-refractivity contribution in [2.75, 3.05) is 4.90 Å². The minimum absolute atomic E-state index is 0. The zero-order valence-electron chi connectivity index (χ0n) is 53.2. The maximum Gasteiger partial charge on any atom is 0.268 e. The van der Waals surface area contributed by atoms with Gasteiger partial charge in [-0.2, -0.15) is 23.5 Å². The van der Waals surface area contributed by atoms with Gasteiger partial charge < -0.3 is 18.8 Å². The van der Waals surface area contributed by atoms with Crippen LogP contribution in [0.15, 0.2) is 279 Å². The van der Waals surface area contributed by atoms with Crippen LogP contribution >= 0.6 is 0 Å². The largest absolute Gasteiger partial charge is 0.510 e. The summed E-state index contributed by atoms with van der Waals surface area (Å²) in [6.07, 6.45) is 5.24. The molecule has 9 heteroatoms. The Hall–Kier alpha value is -10.2. The summed E-state index contributed by atoms with van der Waals surface area (Å²) in [5.41, 5.74) is 6.54. The topological polar surface area (TPSA) is 62.9 Å².